The predicted molar refractivity (Wildman–Crippen MR) is 229 cm³/mol. The van der Waals surface area contributed by atoms with Gasteiger partial charge in [-0.3, -0.25) is 0 Å². The van der Waals surface area contributed by atoms with Gasteiger partial charge in [0.05, 0.1) is 11.1 Å². The molecule has 0 spiro atoms. The van der Waals surface area contributed by atoms with Gasteiger partial charge in [0.2, 0.25) is 0 Å². The lowest BCUT2D eigenvalue weighted by Crippen LogP contribution is -2.28. The number of furan rings is 1. The molecule has 0 saturated carbocycles. The third-order valence-corrected chi connectivity index (χ3v) is 11.5. The second kappa shape index (κ2) is 12.5. The average Bonchev–Trinajstić information content (AvgIpc) is 3.80. The molecule has 2 nitrogen and oxygen atoms in total. The smallest absolute Gasteiger partial charge is 0.159 e. The number of para-hydroxylation sites is 1. The summed E-state index contributed by atoms with van der Waals surface area (Å²) in [5.41, 5.74) is 14.3. The van der Waals surface area contributed by atoms with E-state index < -0.39 is 5.41 Å². The Bertz CT molecular complexity index is 2990. The second-order valence-electron chi connectivity index (χ2n) is 14.4. The molecule has 258 valence electrons. The first-order valence-electron chi connectivity index (χ1n) is 18.9. The van der Waals surface area contributed by atoms with Crippen molar-refractivity contribution < 1.29 is 4.42 Å². The second-order valence-corrected chi connectivity index (χ2v) is 14.4. The van der Waals surface area contributed by atoms with E-state index >= 15 is 0 Å². The van der Waals surface area contributed by atoms with Crippen LogP contribution in [0.15, 0.2) is 217 Å². The molecule has 0 aliphatic heterocycles. The van der Waals surface area contributed by atoms with E-state index in [9.17, 15) is 0 Å². The summed E-state index contributed by atoms with van der Waals surface area (Å²) in [5, 5.41) is 4.64. The molecule has 55 heavy (non-hydrogen) atoms. The molecular formula is C53H35NO. The minimum Gasteiger partial charge on any atom is -0.454 e. The zero-order valence-corrected chi connectivity index (χ0v) is 30.1. The average molecular weight is 702 g/mol. The van der Waals surface area contributed by atoms with Gasteiger partial charge in [0.1, 0.15) is 5.58 Å². The number of anilines is 3. The van der Waals surface area contributed by atoms with Gasteiger partial charge in [0.25, 0.3) is 0 Å². The van der Waals surface area contributed by atoms with Crippen molar-refractivity contribution in [2.75, 3.05) is 4.90 Å². The van der Waals surface area contributed by atoms with E-state index in [1.807, 2.05) is 0 Å². The summed E-state index contributed by atoms with van der Waals surface area (Å²) in [6, 6.07) is 76.9. The Hall–Kier alpha value is -7.16. The van der Waals surface area contributed by atoms with Crippen LogP contribution in [0.3, 0.4) is 0 Å². The minimum atomic E-state index is -0.516. The van der Waals surface area contributed by atoms with Gasteiger partial charge in [-0.05, 0) is 91.7 Å². The summed E-state index contributed by atoms with van der Waals surface area (Å²) in [5.74, 6) is 0. The Morgan fingerprint density at radius 3 is 1.76 bits per heavy atom. The molecule has 10 aromatic rings. The molecule has 0 fully saturated rings. The van der Waals surface area contributed by atoms with E-state index in [1.165, 1.54) is 55.3 Å². The molecule has 11 rings (SSSR count). The highest BCUT2D eigenvalue weighted by atomic mass is 16.3. The fourth-order valence-electron chi connectivity index (χ4n) is 9.18. The van der Waals surface area contributed by atoms with E-state index in [2.05, 4.69) is 217 Å². The van der Waals surface area contributed by atoms with Gasteiger partial charge in [-0.2, -0.15) is 0 Å². The van der Waals surface area contributed by atoms with Crippen molar-refractivity contribution in [2.45, 2.75) is 5.41 Å². The van der Waals surface area contributed by atoms with Gasteiger partial charge in [0, 0.05) is 22.1 Å². The SMILES string of the molecule is c1ccc(-c2ccc(N(c3cccc(C4(c5ccccc5)c5ccccc5-c5ccccc54)c3)c3cccc4c3oc3ccc5ccccc5c34)cc2)cc1. The van der Waals surface area contributed by atoms with Crippen molar-refractivity contribution in [3.63, 3.8) is 0 Å². The van der Waals surface area contributed by atoms with Crippen LogP contribution in [0, 0.1) is 0 Å². The molecule has 0 atom stereocenters. The molecule has 9 aromatic carbocycles. The lowest BCUT2D eigenvalue weighted by atomic mass is 9.67. The van der Waals surface area contributed by atoms with E-state index in [1.54, 1.807) is 0 Å². The van der Waals surface area contributed by atoms with Crippen molar-refractivity contribution in [1.29, 1.82) is 0 Å². The van der Waals surface area contributed by atoms with Crippen molar-refractivity contribution in [2.24, 2.45) is 0 Å². The summed E-state index contributed by atoms with van der Waals surface area (Å²) in [6.07, 6.45) is 0. The molecule has 1 heterocycles. The zero-order chi connectivity index (χ0) is 36.3. The van der Waals surface area contributed by atoms with Gasteiger partial charge >= 0.3 is 0 Å². The van der Waals surface area contributed by atoms with Crippen molar-refractivity contribution in [1.82, 2.24) is 0 Å². The monoisotopic (exact) mass is 701 g/mol. The van der Waals surface area contributed by atoms with Crippen LogP contribution in [0.1, 0.15) is 22.3 Å². The Balaban J connectivity index is 1.18. The number of rotatable bonds is 6. The molecule has 0 unspecified atom stereocenters. The summed E-state index contributed by atoms with van der Waals surface area (Å²) < 4.78 is 6.88. The number of hydrogen-bond donors (Lipinski definition) is 0. The van der Waals surface area contributed by atoms with Crippen LogP contribution < -0.4 is 4.90 Å². The maximum atomic E-state index is 6.88. The van der Waals surface area contributed by atoms with E-state index in [-0.39, 0.29) is 0 Å². The third-order valence-electron chi connectivity index (χ3n) is 11.5. The van der Waals surface area contributed by atoms with Crippen molar-refractivity contribution in [3.05, 3.63) is 235 Å². The Morgan fingerprint density at radius 1 is 0.400 bits per heavy atom. The molecule has 2 heteroatoms. The van der Waals surface area contributed by atoms with Gasteiger partial charge in [-0.1, -0.05) is 176 Å². The highest BCUT2D eigenvalue weighted by molar-refractivity contribution is 6.21. The maximum absolute atomic E-state index is 6.88. The predicted octanol–water partition coefficient (Wildman–Crippen LogP) is 14.2. The topological polar surface area (TPSA) is 16.4 Å². The molecule has 0 saturated heterocycles. The summed E-state index contributed by atoms with van der Waals surface area (Å²) in [4.78, 5) is 2.37. The Morgan fingerprint density at radius 2 is 1.00 bits per heavy atom. The molecule has 0 amide bonds. The molecule has 1 aromatic heterocycles. The van der Waals surface area contributed by atoms with Crippen molar-refractivity contribution >= 4 is 49.8 Å². The van der Waals surface area contributed by atoms with Crippen LogP contribution in [0.2, 0.25) is 0 Å². The number of hydrogen-bond acceptors (Lipinski definition) is 2. The first kappa shape index (κ1) is 31.4. The van der Waals surface area contributed by atoms with Crippen LogP contribution in [0.5, 0.6) is 0 Å². The molecule has 0 radical (unpaired) electrons. The molecule has 1 aliphatic carbocycles. The van der Waals surface area contributed by atoms with Crippen LogP contribution in [-0.4, -0.2) is 0 Å². The summed E-state index contributed by atoms with van der Waals surface area (Å²) >= 11 is 0. The molecular weight excluding hydrogens is 667 g/mol. The number of fused-ring (bicyclic) bond motifs is 8. The van der Waals surface area contributed by atoms with Gasteiger partial charge in [-0.15, -0.1) is 0 Å². The highest BCUT2D eigenvalue weighted by Gasteiger charge is 2.46. The fourth-order valence-corrected chi connectivity index (χ4v) is 9.18. The first-order valence-corrected chi connectivity index (χ1v) is 18.9. The summed E-state index contributed by atoms with van der Waals surface area (Å²) in [6.45, 7) is 0. The third kappa shape index (κ3) is 4.75. The van der Waals surface area contributed by atoms with E-state index in [4.69, 9.17) is 4.42 Å². The van der Waals surface area contributed by atoms with Crippen molar-refractivity contribution in [3.8, 4) is 22.3 Å². The molecule has 0 N–H and O–H groups in total. The fraction of sp³-hybridized carbons (Fsp3) is 0.0189. The lowest BCUT2D eigenvalue weighted by Gasteiger charge is -2.35. The lowest BCUT2D eigenvalue weighted by molar-refractivity contribution is 0.669. The standard InChI is InChI=1S/C53H35NO/c1-3-15-36(16-4-1)37-29-32-41(33-30-37)54(49-28-14-25-46-51-43-22-8-7-17-38(43)31-34-50(51)55-52(46)49)42-21-13-20-40(35-42)53(39-18-5-2-6-19-39)47-26-11-9-23-44(47)45-24-10-12-27-48(45)53/h1-35H. The van der Waals surface area contributed by atoms with Gasteiger partial charge in [-0.25, -0.2) is 0 Å². The van der Waals surface area contributed by atoms with Gasteiger partial charge in [0.15, 0.2) is 5.58 Å². The Labute approximate surface area is 320 Å². The van der Waals surface area contributed by atoms with Crippen LogP contribution in [0.4, 0.5) is 17.1 Å². The van der Waals surface area contributed by atoms with Crippen LogP contribution in [-0.2, 0) is 5.41 Å². The molecule has 0 bridgehead atoms. The van der Waals surface area contributed by atoms with E-state index in [0.717, 1.165) is 39.0 Å². The normalized spacial score (nSPS) is 12.9. The largest absolute Gasteiger partial charge is 0.454 e. The zero-order valence-electron chi connectivity index (χ0n) is 30.1. The van der Waals surface area contributed by atoms with Gasteiger partial charge < -0.3 is 9.32 Å². The highest BCUT2D eigenvalue weighted by Crippen LogP contribution is 2.56. The first-order chi connectivity index (χ1) is 27.3. The minimum absolute atomic E-state index is 0.516. The quantitative estimate of drug-likeness (QED) is 0.172. The number of nitrogens with zero attached hydrogens (tertiary/aromatic N) is 1. The van der Waals surface area contributed by atoms with Crippen LogP contribution in [0.25, 0.3) is 55.0 Å². The number of benzene rings is 9. The molecule has 1 aliphatic rings. The van der Waals surface area contributed by atoms with E-state index in [0.29, 0.717) is 0 Å². The van der Waals surface area contributed by atoms with Crippen LogP contribution >= 0.6 is 0 Å². The summed E-state index contributed by atoms with van der Waals surface area (Å²) in [7, 11) is 0. The maximum Gasteiger partial charge on any atom is 0.159 e. The Kier molecular flexibility index (Phi) is 7.11.